The first kappa shape index (κ1) is 13.5. The summed E-state index contributed by atoms with van der Waals surface area (Å²) in [5.41, 5.74) is 0. The summed E-state index contributed by atoms with van der Waals surface area (Å²) in [5.74, 6) is 7.90. The Bertz CT molecular complexity index is 126. The van der Waals surface area contributed by atoms with Crippen LogP contribution in [0.3, 0.4) is 0 Å². The van der Waals surface area contributed by atoms with Crippen molar-refractivity contribution in [2.75, 3.05) is 34.5 Å². The van der Waals surface area contributed by atoms with Gasteiger partial charge >= 0.3 is 0 Å². The summed E-state index contributed by atoms with van der Waals surface area (Å²) < 4.78 is 0. The van der Waals surface area contributed by atoms with Gasteiger partial charge in [0.05, 0.1) is 0 Å². The minimum absolute atomic E-state index is 0.727. The average Bonchev–Trinajstić information content (AvgIpc) is 2.24. The van der Waals surface area contributed by atoms with E-state index in [0.29, 0.717) is 0 Å². The lowest BCUT2D eigenvalue weighted by molar-refractivity contribution is 0.796. The van der Waals surface area contributed by atoms with Crippen molar-refractivity contribution in [3.05, 3.63) is 0 Å². The smallest absolute Gasteiger partial charge is 0.120 e. The molecule has 0 nitrogen and oxygen atoms in total. The summed E-state index contributed by atoms with van der Waals surface area (Å²) in [6.45, 7) is 0. The van der Waals surface area contributed by atoms with Gasteiger partial charge in [0.1, 0.15) is 17.3 Å². The lowest BCUT2D eigenvalue weighted by Crippen LogP contribution is -2.30. The van der Waals surface area contributed by atoms with Crippen molar-refractivity contribution in [3.8, 4) is 0 Å². The summed E-state index contributed by atoms with van der Waals surface area (Å²) >= 11 is 10.8. The molecule has 1 rings (SSSR count). The van der Waals surface area contributed by atoms with E-state index in [1.165, 1.54) is 42.3 Å². The molecule has 4 heteroatoms. The lowest BCUT2D eigenvalue weighted by Gasteiger charge is -2.22. The Morgan fingerprint density at radius 2 is 2.00 bits per heavy atom. The number of thiol groups is 2. The molecule has 2 atom stereocenters. The second kappa shape index (κ2) is 8.54. The molecule has 0 spiro atoms. The normalized spacial score (nSPS) is 27.9. The highest BCUT2D eigenvalue weighted by Crippen LogP contribution is 2.25. The van der Waals surface area contributed by atoms with Crippen molar-refractivity contribution >= 4 is 47.9 Å². The van der Waals surface area contributed by atoms with Crippen molar-refractivity contribution in [1.29, 1.82) is 0 Å². The van der Waals surface area contributed by atoms with Gasteiger partial charge in [0, 0.05) is 17.4 Å². The molecule has 0 N–H and O–H groups in total. The van der Waals surface area contributed by atoms with Crippen molar-refractivity contribution < 1.29 is 0 Å². The van der Waals surface area contributed by atoms with Gasteiger partial charge in [-0.1, -0.05) is 0 Å². The molecule has 1 aliphatic heterocycles. The zero-order valence-corrected chi connectivity index (χ0v) is 12.1. The van der Waals surface area contributed by atoms with E-state index in [1.807, 2.05) is 0 Å². The molecule has 1 aliphatic rings. The van der Waals surface area contributed by atoms with E-state index in [-0.39, 0.29) is 0 Å². The topological polar surface area (TPSA) is 0 Å². The minimum Gasteiger partial charge on any atom is -0.179 e. The predicted octanol–water partition coefficient (Wildman–Crippen LogP) is 2.75. The third kappa shape index (κ3) is 5.47. The van der Waals surface area contributed by atoms with Crippen LogP contribution >= 0.6 is 37.0 Å². The van der Waals surface area contributed by atoms with Gasteiger partial charge in [0.15, 0.2) is 0 Å². The first-order valence-corrected chi connectivity index (χ1v) is 9.39. The highest BCUT2D eigenvalue weighted by molar-refractivity contribution is 8.05. The Morgan fingerprint density at radius 3 is 2.71 bits per heavy atom. The quantitative estimate of drug-likeness (QED) is 0.552. The first-order chi connectivity index (χ1) is 6.86. The third-order valence-corrected chi connectivity index (χ3v) is 7.36. The number of hydrogen-bond acceptors (Lipinski definition) is 3. The number of hydrogen-bond donors (Lipinski definition) is 2. The molecule has 84 valence electrons. The minimum atomic E-state index is 0.727. The fourth-order valence-electron chi connectivity index (χ4n) is 1.67. The maximum Gasteiger partial charge on any atom is 0.120 e. The highest BCUT2D eigenvalue weighted by Gasteiger charge is 2.28. The van der Waals surface area contributed by atoms with Gasteiger partial charge in [-0.3, -0.25) is 0 Å². The molecule has 1 heterocycles. The molecule has 0 aliphatic carbocycles. The second-order valence-corrected chi connectivity index (χ2v) is 8.30. The van der Waals surface area contributed by atoms with Crippen LogP contribution in [-0.2, 0) is 10.9 Å². The Balaban J connectivity index is 2.14. The largest absolute Gasteiger partial charge is 0.179 e. The molecule has 0 saturated carbocycles. The molecular formula is C10H21S4+. The van der Waals surface area contributed by atoms with Crippen LogP contribution in [0, 0.1) is 0 Å². The third-order valence-electron chi connectivity index (χ3n) is 2.42. The van der Waals surface area contributed by atoms with Crippen LogP contribution in [0.5, 0.6) is 0 Å². The number of rotatable bonds is 6. The summed E-state index contributed by atoms with van der Waals surface area (Å²) in [5, 5.41) is 0.944. The zero-order chi connectivity index (χ0) is 10.2. The monoisotopic (exact) mass is 269 g/mol. The molecule has 0 aromatic heterocycles. The van der Waals surface area contributed by atoms with Crippen LogP contribution in [-0.4, -0.2) is 39.8 Å². The zero-order valence-electron chi connectivity index (χ0n) is 8.65. The summed E-state index contributed by atoms with van der Waals surface area (Å²) in [7, 11) is 0.727. The van der Waals surface area contributed by atoms with E-state index in [9.17, 15) is 0 Å². The van der Waals surface area contributed by atoms with E-state index < -0.39 is 0 Å². The van der Waals surface area contributed by atoms with E-state index in [1.54, 1.807) is 0 Å². The van der Waals surface area contributed by atoms with Crippen molar-refractivity contribution in [2.24, 2.45) is 0 Å². The van der Waals surface area contributed by atoms with E-state index in [2.05, 4.69) is 37.0 Å². The molecule has 1 saturated heterocycles. The Hall–Kier alpha value is 1.40. The van der Waals surface area contributed by atoms with Crippen LogP contribution in [0.25, 0.3) is 0 Å². The van der Waals surface area contributed by atoms with Crippen LogP contribution in [0.15, 0.2) is 0 Å². The summed E-state index contributed by atoms with van der Waals surface area (Å²) in [6, 6.07) is 0. The van der Waals surface area contributed by atoms with E-state index in [0.717, 1.165) is 27.7 Å². The van der Waals surface area contributed by atoms with Crippen molar-refractivity contribution in [2.45, 2.75) is 24.5 Å². The Labute approximate surface area is 107 Å². The molecule has 14 heavy (non-hydrogen) atoms. The maximum atomic E-state index is 4.29. The fourth-order valence-corrected chi connectivity index (χ4v) is 6.96. The van der Waals surface area contributed by atoms with Gasteiger partial charge in [-0.2, -0.15) is 25.3 Å². The van der Waals surface area contributed by atoms with Gasteiger partial charge in [0.25, 0.3) is 0 Å². The van der Waals surface area contributed by atoms with Crippen molar-refractivity contribution in [1.82, 2.24) is 0 Å². The van der Waals surface area contributed by atoms with Crippen LogP contribution in [0.1, 0.15) is 19.3 Å². The molecule has 0 aromatic carbocycles. The molecule has 0 aromatic rings. The summed E-state index contributed by atoms with van der Waals surface area (Å²) in [4.78, 5) is 0. The van der Waals surface area contributed by atoms with Gasteiger partial charge in [-0.05, 0) is 35.2 Å². The molecule has 0 bridgehead atoms. The fraction of sp³-hybridized carbons (Fsp3) is 1.00. The molecule has 1 fully saturated rings. The van der Waals surface area contributed by atoms with Gasteiger partial charge in [-0.15, -0.1) is 11.8 Å². The van der Waals surface area contributed by atoms with Crippen molar-refractivity contribution in [3.63, 3.8) is 0 Å². The Morgan fingerprint density at radius 1 is 1.21 bits per heavy atom. The lowest BCUT2D eigenvalue weighted by atomic mass is 10.3. The molecule has 2 unspecified atom stereocenters. The second-order valence-electron chi connectivity index (χ2n) is 3.62. The van der Waals surface area contributed by atoms with Crippen LogP contribution in [0.2, 0.25) is 0 Å². The standard InChI is InChI=1S/C10H20S4/c11-4-1-3-10-9-14(7-2-5-12)8-6-13-10/h10H,1-9H2,(H-,11,12)/p+1. The maximum absolute atomic E-state index is 4.29. The highest BCUT2D eigenvalue weighted by atomic mass is 32.2. The van der Waals surface area contributed by atoms with Gasteiger partial charge < -0.3 is 0 Å². The van der Waals surface area contributed by atoms with Crippen LogP contribution < -0.4 is 0 Å². The molecule has 0 radical (unpaired) electrons. The first-order valence-electron chi connectivity index (χ1n) is 5.34. The van der Waals surface area contributed by atoms with E-state index >= 15 is 0 Å². The van der Waals surface area contributed by atoms with E-state index in [4.69, 9.17) is 0 Å². The molecule has 0 amide bonds. The molecular weight excluding hydrogens is 248 g/mol. The van der Waals surface area contributed by atoms with Gasteiger partial charge in [-0.25, -0.2) is 0 Å². The average molecular weight is 270 g/mol. The van der Waals surface area contributed by atoms with Crippen LogP contribution in [0.4, 0.5) is 0 Å². The SMILES string of the molecule is SCCCC1C[S+](CCCS)CCS1. The number of thioether (sulfide) groups is 1. The van der Waals surface area contributed by atoms with Gasteiger partial charge in [0.2, 0.25) is 0 Å². The summed E-state index contributed by atoms with van der Waals surface area (Å²) in [6.07, 6.45) is 4.00. The Kier molecular flexibility index (Phi) is 8.21. The predicted molar refractivity (Wildman–Crippen MR) is 79.8 cm³/mol.